The van der Waals surface area contributed by atoms with Crippen molar-refractivity contribution in [3.8, 4) is 5.75 Å². The fourth-order valence-corrected chi connectivity index (χ4v) is 6.23. The molecule has 0 bridgehead atoms. The second-order valence-corrected chi connectivity index (χ2v) is 14.8. The Kier molecular flexibility index (Phi) is 14.9. The number of aryl methyl sites for hydroxylation is 1. The van der Waals surface area contributed by atoms with Gasteiger partial charge in [0, 0.05) is 36.1 Å². The summed E-state index contributed by atoms with van der Waals surface area (Å²) in [6, 6.07) is 23.7. The standard InChI is InChI=1S/C33H43ClNO9PS/c1-32(2,3)44-31(36)35-33(22-41-24-38-4,23-43-45(37,39-5)40-6)18-17-26-15-16-29(20-30(26)34)46-28-14-10-13-27(19-28)42-21-25-11-8-7-9-12-25/h7-16,19-20H,17-18,21-24H2,1-6H3,(H,35,36). The SMILES string of the molecule is COCOCC(CCc1ccc(Sc2cccc(OCc3ccccc3)c2)cc1Cl)(COP(=O)(OC)OC)NC(=O)OC(C)(C)C. The van der Waals surface area contributed by atoms with Gasteiger partial charge in [-0.1, -0.05) is 65.8 Å². The van der Waals surface area contributed by atoms with Gasteiger partial charge >= 0.3 is 13.9 Å². The molecular weight excluding hydrogens is 653 g/mol. The Labute approximate surface area is 281 Å². The Balaban J connectivity index is 1.76. The number of hydrogen-bond donors (Lipinski definition) is 1. The number of phosphoric acid groups is 1. The van der Waals surface area contributed by atoms with Crippen LogP contribution in [0.1, 0.15) is 38.3 Å². The van der Waals surface area contributed by atoms with Crippen molar-refractivity contribution in [2.45, 2.75) is 61.2 Å². The molecule has 13 heteroatoms. The molecule has 1 amide bonds. The largest absolute Gasteiger partial charge is 0.489 e. The molecule has 0 aliphatic carbocycles. The molecule has 0 aliphatic heterocycles. The van der Waals surface area contributed by atoms with E-state index in [0.29, 0.717) is 18.1 Å². The summed E-state index contributed by atoms with van der Waals surface area (Å²) in [4.78, 5) is 14.9. The van der Waals surface area contributed by atoms with Crippen molar-refractivity contribution >= 4 is 37.3 Å². The quantitative estimate of drug-likeness (QED) is 0.0793. The van der Waals surface area contributed by atoms with Crippen molar-refractivity contribution in [3.05, 3.63) is 88.9 Å². The third kappa shape index (κ3) is 12.9. The zero-order valence-electron chi connectivity index (χ0n) is 27.1. The number of halogens is 1. The van der Waals surface area contributed by atoms with Crippen molar-refractivity contribution < 1.29 is 41.9 Å². The molecule has 3 aromatic carbocycles. The fourth-order valence-electron chi connectivity index (χ4n) is 4.22. The zero-order valence-corrected chi connectivity index (χ0v) is 29.5. The number of rotatable bonds is 18. The van der Waals surface area contributed by atoms with E-state index in [1.54, 1.807) is 32.5 Å². The van der Waals surface area contributed by atoms with Crippen LogP contribution in [0.15, 0.2) is 82.6 Å². The van der Waals surface area contributed by atoms with Crippen LogP contribution < -0.4 is 10.1 Å². The van der Waals surface area contributed by atoms with Crippen LogP contribution in [0.5, 0.6) is 5.75 Å². The van der Waals surface area contributed by atoms with Gasteiger partial charge in [-0.25, -0.2) is 9.36 Å². The topological polar surface area (TPSA) is 111 Å². The highest BCUT2D eigenvalue weighted by atomic mass is 35.5. The first-order valence-corrected chi connectivity index (χ1v) is 17.2. The first kappa shape index (κ1) is 37.9. The first-order chi connectivity index (χ1) is 21.9. The first-order valence-electron chi connectivity index (χ1n) is 14.5. The number of methoxy groups -OCH3 is 1. The Hall–Kier alpha value is -2.60. The molecule has 3 rings (SSSR count). The van der Waals surface area contributed by atoms with E-state index in [4.69, 9.17) is 44.1 Å². The third-order valence-corrected chi connectivity index (χ3v) is 9.15. The van der Waals surface area contributed by atoms with Gasteiger partial charge in [0.15, 0.2) is 0 Å². The summed E-state index contributed by atoms with van der Waals surface area (Å²) in [5.41, 5.74) is -0.0565. The number of alkyl carbamates (subject to hydrolysis) is 1. The molecule has 0 saturated carbocycles. The molecule has 0 spiro atoms. The van der Waals surface area contributed by atoms with Crippen molar-refractivity contribution in [2.75, 3.05) is 41.3 Å². The molecule has 1 atom stereocenters. The summed E-state index contributed by atoms with van der Waals surface area (Å²) < 4.78 is 50.5. The molecule has 10 nitrogen and oxygen atoms in total. The lowest BCUT2D eigenvalue weighted by molar-refractivity contribution is -0.0645. The van der Waals surface area contributed by atoms with E-state index < -0.39 is 25.1 Å². The zero-order chi connectivity index (χ0) is 33.6. The molecular formula is C33H43ClNO9PS. The maximum Gasteiger partial charge on any atom is 0.474 e. The van der Waals surface area contributed by atoms with E-state index in [1.807, 2.05) is 72.8 Å². The number of nitrogens with one attached hydrogen (secondary N) is 1. The molecule has 0 heterocycles. The van der Waals surface area contributed by atoms with E-state index in [2.05, 4.69) is 5.32 Å². The van der Waals surface area contributed by atoms with Crippen molar-refractivity contribution in [1.82, 2.24) is 5.32 Å². The smallest absolute Gasteiger partial charge is 0.474 e. The average Bonchev–Trinajstić information content (AvgIpc) is 3.02. The number of carbonyl (C=O) groups is 1. The summed E-state index contributed by atoms with van der Waals surface area (Å²) in [7, 11) is 0.0168. The monoisotopic (exact) mass is 695 g/mol. The Morgan fingerprint density at radius 2 is 1.63 bits per heavy atom. The predicted octanol–water partition coefficient (Wildman–Crippen LogP) is 8.30. The van der Waals surface area contributed by atoms with Crippen molar-refractivity contribution in [2.24, 2.45) is 0 Å². The molecule has 252 valence electrons. The van der Waals surface area contributed by atoms with E-state index in [1.165, 1.54) is 21.3 Å². The number of phosphoric ester groups is 1. The van der Waals surface area contributed by atoms with Gasteiger partial charge in [0.05, 0.1) is 18.8 Å². The van der Waals surface area contributed by atoms with Crippen LogP contribution in [0.25, 0.3) is 0 Å². The van der Waals surface area contributed by atoms with Gasteiger partial charge in [0.25, 0.3) is 0 Å². The Bertz CT molecular complexity index is 1430. The fraction of sp³-hybridized carbons (Fsp3) is 0.424. The highest BCUT2D eigenvalue weighted by Gasteiger charge is 2.38. The second-order valence-electron chi connectivity index (χ2n) is 11.4. The van der Waals surface area contributed by atoms with Gasteiger partial charge in [-0.3, -0.25) is 13.6 Å². The number of carbonyl (C=O) groups excluding carboxylic acids is 1. The summed E-state index contributed by atoms with van der Waals surface area (Å²) in [6.45, 7) is 5.37. The maximum atomic E-state index is 13.0. The number of benzene rings is 3. The van der Waals surface area contributed by atoms with Gasteiger partial charge in [-0.2, -0.15) is 0 Å². The molecule has 1 N–H and O–H groups in total. The van der Waals surface area contributed by atoms with Crippen LogP contribution in [0.4, 0.5) is 4.79 Å². The molecule has 0 saturated heterocycles. The predicted molar refractivity (Wildman–Crippen MR) is 179 cm³/mol. The molecule has 0 aromatic heterocycles. The van der Waals surface area contributed by atoms with Crippen LogP contribution in [0.3, 0.4) is 0 Å². The number of hydrogen-bond acceptors (Lipinski definition) is 10. The lowest BCUT2D eigenvalue weighted by Gasteiger charge is -2.35. The Morgan fingerprint density at radius 3 is 2.28 bits per heavy atom. The van der Waals surface area contributed by atoms with Crippen molar-refractivity contribution in [1.29, 1.82) is 0 Å². The minimum Gasteiger partial charge on any atom is -0.489 e. The molecule has 1 unspecified atom stereocenters. The van der Waals surface area contributed by atoms with E-state index in [0.717, 1.165) is 26.7 Å². The molecule has 46 heavy (non-hydrogen) atoms. The second kappa shape index (κ2) is 18.1. The van der Waals surface area contributed by atoms with E-state index >= 15 is 0 Å². The van der Waals surface area contributed by atoms with E-state index in [-0.39, 0.29) is 26.4 Å². The van der Waals surface area contributed by atoms with Gasteiger partial charge in [0.1, 0.15) is 24.8 Å². The summed E-state index contributed by atoms with van der Waals surface area (Å²) >= 11 is 8.33. The Morgan fingerprint density at radius 1 is 0.913 bits per heavy atom. The summed E-state index contributed by atoms with van der Waals surface area (Å²) in [5, 5.41) is 3.42. The van der Waals surface area contributed by atoms with Gasteiger partial charge in [-0.05, 0) is 75.1 Å². The van der Waals surface area contributed by atoms with Crippen LogP contribution in [0.2, 0.25) is 5.02 Å². The van der Waals surface area contributed by atoms with Crippen LogP contribution in [-0.2, 0) is 45.4 Å². The number of amides is 1. The summed E-state index contributed by atoms with van der Waals surface area (Å²) in [5.74, 6) is 0.773. The lowest BCUT2D eigenvalue weighted by atomic mass is 9.92. The average molecular weight is 696 g/mol. The van der Waals surface area contributed by atoms with Crippen LogP contribution in [-0.4, -0.2) is 58.6 Å². The highest BCUT2D eigenvalue weighted by molar-refractivity contribution is 7.99. The third-order valence-electron chi connectivity index (χ3n) is 6.48. The summed E-state index contributed by atoms with van der Waals surface area (Å²) in [6.07, 6.45) is -0.0162. The van der Waals surface area contributed by atoms with Gasteiger partial charge in [-0.15, -0.1) is 0 Å². The van der Waals surface area contributed by atoms with E-state index in [9.17, 15) is 9.36 Å². The van der Waals surface area contributed by atoms with Crippen molar-refractivity contribution in [3.63, 3.8) is 0 Å². The number of ether oxygens (including phenoxy) is 4. The minimum absolute atomic E-state index is 0.0465. The molecule has 0 fully saturated rings. The van der Waals surface area contributed by atoms with Gasteiger partial charge < -0.3 is 24.3 Å². The maximum absolute atomic E-state index is 13.0. The normalized spacial score (nSPS) is 13.2. The lowest BCUT2D eigenvalue weighted by Crippen LogP contribution is -2.56. The van der Waals surface area contributed by atoms with Crippen LogP contribution in [0, 0.1) is 0 Å². The van der Waals surface area contributed by atoms with Gasteiger partial charge in [0.2, 0.25) is 0 Å². The highest BCUT2D eigenvalue weighted by Crippen LogP contribution is 2.48. The molecule has 0 aliphatic rings. The molecule has 3 aromatic rings. The minimum atomic E-state index is -3.89. The van der Waals surface area contributed by atoms with Crippen LogP contribution >= 0.6 is 31.2 Å². The molecule has 0 radical (unpaired) electrons.